The Labute approximate surface area is 189 Å². The van der Waals surface area contributed by atoms with E-state index < -0.39 is 0 Å². The van der Waals surface area contributed by atoms with Gasteiger partial charge in [-0.2, -0.15) is 0 Å². The third-order valence-electron chi connectivity index (χ3n) is 4.51. The molecule has 0 saturated heterocycles. The third-order valence-corrected chi connectivity index (χ3v) is 4.51. The number of tetrazole rings is 1. The zero-order chi connectivity index (χ0) is 19.9. The quantitative estimate of drug-likeness (QED) is 0.442. The molecule has 150 valence electrons. The van der Waals surface area contributed by atoms with Gasteiger partial charge < -0.3 is 19.7 Å². The summed E-state index contributed by atoms with van der Waals surface area (Å²) in [6, 6.07) is 3.53. The van der Waals surface area contributed by atoms with Crippen LogP contribution in [0.3, 0.4) is 0 Å². The average molecular weight is 398 g/mol. The van der Waals surface area contributed by atoms with E-state index in [0.29, 0.717) is 18.2 Å². The van der Waals surface area contributed by atoms with E-state index in [2.05, 4.69) is 41.4 Å². The second kappa shape index (κ2) is 11.6. The molecule has 0 atom stereocenters. The van der Waals surface area contributed by atoms with Crippen LogP contribution < -0.4 is 44.2 Å². The Morgan fingerprint density at radius 1 is 1.14 bits per heavy atom. The van der Waals surface area contributed by atoms with Crippen molar-refractivity contribution in [3.63, 3.8) is 0 Å². The van der Waals surface area contributed by atoms with Crippen molar-refractivity contribution in [2.24, 2.45) is 0 Å². The maximum Gasteiger partial charge on any atom is 1.00 e. The second-order valence-electron chi connectivity index (χ2n) is 7.69. The first-order chi connectivity index (χ1) is 12.8. The molecule has 0 amide bonds. The van der Waals surface area contributed by atoms with Crippen LogP contribution in [0.5, 0.6) is 17.2 Å². The van der Waals surface area contributed by atoms with Crippen molar-refractivity contribution in [1.29, 1.82) is 0 Å². The van der Waals surface area contributed by atoms with E-state index in [9.17, 15) is 5.11 Å². The topological polar surface area (TPSA) is 91.5 Å². The normalized spacial score (nSPS) is 11.4. The van der Waals surface area contributed by atoms with Gasteiger partial charge in [0.1, 0.15) is 5.75 Å². The van der Waals surface area contributed by atoms with Crippen molar-refractivity contribution < 1.29 is 44.1 Å². The fourth-order valence-electron chi connectivity index (χ4n) is 2.91. The number of hydrogen-bond acceptors (Lipinski definition) is 6. The zero-order valence-corrected chi connectivity index (χ0v) is 20.0. The fourth-order valence-corrected chi connectivity index (χ4v) is 2.91. The van der Waals surface area contributed by atoms with E-state index in [1.54, 1.807) is 6.07 Å². The summed E-state index contributed by atoms with van der Waals surface area (Å²) in [7, 11) is 0. The smallest absolute Gasteiger partial charge is 0.504 e. The first kappa shape index (κ1) is 24.7. The predicted molar refractivity (Wildman–Crippen MR) is 103 cm³/mol. The van der Waals surface area contributed by atoms with Gasteiger partial charge in [-0.15, -0.1) is 0 Å². The third kappa shape index (κ3) is 7.26. The molecule has 7 nitrogen and oxygen atoms in total. The molecule has 1 N–H and O–H groups in total. The van der Waals surface area contributed by atoms with Crippen LogP contribution in [0, 0.1) is 0 Å². The molecule has 0 aliphatic heterocycles. The number of rotatable bonds is 11. The molecule has 2 aromatic rings. The van der Waals surface area contributed by atoms with Crippen LogP contribution in [0.4, 0.5) is 0 Å². The molecule has 0 aliphatic rings. The van der Waals surface area contributed by atoms with Crippen molar-refractivity contribution in [3.8, 4) is 17.2 Å². The molecule has 0 unspecified atom stereocenters. The number of unbranched alkanes of at least 4 members (excludes halogenated alkanes) is 2. The summed E-state index contributed by atoms with van der Waals surface area (Å²) in [6.45, 7) is 10.8. The van der Waals surface area contributed by atoms with Gasteiger partial charge in [0.05, 0.1) is 12.7 Å². The Morgan fingerprint density at radius 2 is 1.89 bits per heavy atom. The summed E-state index contributed by atoms with van der Waals surface area (Å²) in [5.41, 5.74) is 0.926. The molecular formula is C20H31N4NaO3. The monoisotopic (exact) mass is 398 g/mol. The van der Waals surface area contributed by atoms with Gasteiger partial charge >= 0.3 is 29.6 Å². The first-order valence-corrected chi connectivity index (χ1v) is 9.68. The minimum atomic E-state index is -0.113. The van der Waals surface area contributed by atoms with Gasteiger partial charge in [0.2, 0.25) is 0 Å². The minimum Gasteiger partial charge on any atom is -0.504 e. The first-order valence-electron chi connectivity index (χ1n) is 9.68. The Kier molecular flexibility index (Phi) is 10.3. The van der Waals surface area contributed by atoms with E-state index in [1.165, 1.54) is 0 Å². The van der Waals surface area contributed by atoms with Crippen LogP contribution in [0.15, 0.2) is 12.1 Å². The molecule has 1 heterocycles. The summed E-state index contributed by atoms with van der Waals surface area (Å²) >= 11 is 0. The van der Waals surface area contributed by atoms with E-state index in [4.69, 9.17) is 9.47 Å². The van der Waals surface area contributed by atoms with Crippen LogP contribution in [-0.4, -0.2) is 33.2 Å². The summed E-state index contributed by atoms with van der Waals surface area (Å²) in [5.74, 6) is 2.06. The molecule has 8 heteroatoms. The second-order valence-corrected chi connectivity index (χ2v) is 7.69. The van der Waals surface area contributed by atoms with Crippen LogP contribution in [-0.2, 0) is 11.8 Å². The number of ether oxygens (including phenoxy) is 2. The molecular weight excluding hydrogens is 367 g/mol. The molecule has 2 rings (SSSR count). The van der Waals surface area contributed by atoms with Crippen LogP contribution in [0.1, 0.15) is 71.7 Å². The average Bonchev–Trinajstić information content (AvgIpc) is 3.15. The summed E-state index contributed by atoms with van der Waals surface area (Å²) < 4.78 is 11.6. The molecule has 0 aliphatic carbocycles. The van der Waals surface area contributed by atoms with Gasteiger partial charge in [-0.05, 0) is 44.7 Å². The predicted octanol–water partition coefficient (Wildman–Crippen LogP) is 0.805. The number of nitrogens with zero attached hydrogens (tertiary/aromatic N) is 4. The van der Waals surface area contributed by atoms with E-state index in [1.807, 2.05) is 19.9 Å². The fraction of sp³-hybridized carbons (Fsp3) is 0.650. The Bertz CT molecular complexity index is 706. The summed E-state index contributed by atoms with van der Waals surface area (Å²) in [5, 5.41) is 25.2. The van der Waals surface area contributed by atoms with Gasteiger partial charge in [0.25, 0.3) is 0 Å². The molecule has 1 aromatic carbocycles. The van der Waals surface area contributed by atoms with Gasteiger partial charge in [-0.1, -0.05) is 33.6 Å². The molecule has 28 heavy (non-hydrogen) atoms. The molecule has 0 fully saturated rings. The van der Waals surface area contributed by atoms with Crippen molar-refractivity contribution in [2.45, 2.75) is 78.2 Å². The summed E-state index contributed by atoms with van der Waals surface area (Å²) in [6.07, 6.45) is 4.86. The molecule has 0 saturated carbocycles. The number of aromatic hydroxyl groups is 1. The maximum atomic E-state index is 10.2. The number of hydrogen-bond donors (Lipinski definition) is 1. The number of phenols is 1. The Hall–Kier alpha value is -1.31. The molecule has 0 spiro atoms. The molecule has 1 aromatic heterocycles. The standard InChI is InChI=1S/C20H31N4O3.Na/c1-6-15-12-18(27-14(2)3)16(25)13-17(15)26-11-9-7-8-10-20(4,5)19-21-23-24-22-19;/h12-14H,6-11H2,1-5H3,(H-,21,22,23,24,25);/q-1;+1. The number of aryl methyl sites for hydroxylation is 1. The minimum absolute atomic E-state index is 0. The van der Waals surface area contributed by atoms with Gasteiger partial charge in [-0.3, -0.25) is 15.5 Å². The Balaban J connectivity index is 0.00000392. The maximum absolute atomic E-state index is 10.2. The van der Waals surface area contributed by atoms with E-state index in [-0.39, 0.29) is 46.8 Å². The van der Waals surface area contributed by atoms with Gasteiger partial charge in [0, 0.05) is 17.3 Å². The van der Waals surface area contributed by atoms with Crippen molar-refractivity contribution in [3.05, 3.63) is 23.5 Å². The zero-order valence-electron chi connectivity index (χ0n) is 18.0. The number of aromatic nitrogens is 4. The Morgan fingerprint density at radius 3 is 2.50 bits per heavy atom. The SMILES string of the molecule is CCc1cc(OC(C)C)c(O)cc1OCCCCCC(C)(C)c1nn[n-]n1.[Na+]. The number of phenolic OH excluding ortho intramolecular Hbond substituents is 1. The van der Waals surface area contributed by atoms with E-state index >= 15 is 0 Å². The van der Waals surface area contributed by atoms with Crippen molar-refractivity contribution in [1.82, 2.24) is 20.6 Å². The summed E-state index contributed by atoms with van der Waals surface area (Å²) in [4.78, 5) is 0. The van der Waals surface area contributed by atoms with Crippen LogP contribution in [0.25, 0.3) is 0 Å². The van der Waals surface area contributed by atoms with Crippen molar-refractivity contribution >= 4 is 0 Å². The van der Waals surface area contributed by atoms with Crippen LogP contribution >= 0.6 is 0 Å². The largest absolute Gasteiger partial charge is 1.00 e. The van der Waals surface area contributed by atoms with Crippen LogP contribution in [0.2, 0.25) is 0 Å². The van der Waals surface area contributed by atoms with Gasteiger partial charge in [-0.25, -0.2) is 0 Å². The molecule has 0 radical (unpaired) electrons. The van der Waals surface area contributed by atoms with E-state index in [0.717, 1.165) is 43.4 Å². The van der Waals surface area contributed by atoms with Crippen molar-refractivity contribution in [2.75, 3.05) is 6.61 Å². The number of benzene rings is 1. The molecule has 0 bridgehead atoms. The van der Waals surface area contributed by atoms with Gasteiger partial charge in [0.15, 0.2) is 11.5 Å².